The van der Waals surface area contributed by atoms with Gasteiger partial charge in [-0.15, -0.1) is 11.3 Å². The lowest BCUT2D eigenvalue weighted by molar-refractivity contribution is -0.402. The molecule has 1 aliphatic carbocycles. The molecule has 1 aliphatic rings. The number of anilines is 1. The molecule has 2 aromatic rings. The summed E-state index contributed by atoms with van der Waals surface area (Å²) in [5.74, 6) is -0.680. The van der Waals surface area contributed by atoms with Gasteiger partial charge in [-0.1, -0.05) is 6.92 Å². The maximum absolute atomic E-state index is 12.2. The van der Waals surface area contributed by atoms with Crippen LogP contribution < -0.4 is 5.32 Å². The minimum atomic E-state index is -0.706. The predicted molar refractivity (Wildman–Crippen MR) is 83.5 cm³/mol. The fourth-order valence-corrected chi connectivity index (χ4v) is 4.03. The van der Waals surface area contributed by atoms with E-state index in [1.165, 1.54) is 17.4 Å². The molecule has 0 spiro atoms. The summed E-state index contributed by atoms with van der Waals surface area (Å²) in [6.45, 7) is 2.16. The standard InChI is InChI=1S/C15H13N3O4S/c1-8-2-3-9-10(7-16)15(23-12(9)6-8)17-14(19)11-4-5-13(22-11)18(20)21/h4-5,8H,2-3,6H2,1H3,(H,17,19). The first-order chi connectivity index (χ1) is 11.0. The molecule has 8 heteroatoms. The van der Waals surface area contributed by atoms with Crippen molar-refractivity contribution >= 4 is 28.1 Å². The molecule has 0 saturated heterocycles. The van der Waals surface area contributed by atoms with E-state index in [-0.39, 0.29) is 5.76 Å². The number of furan rings is 1. The van der Waals surface area contributed by atoms with Crippen LogP contribution in [-0.4, -0.2) is 10.8 Å². The summed E-state index contributed by atoms with van der Waals surface area (Å²) in [4.78, 5) is 23.2. The van der Waals surface area contributed by atoms with Crippen molar-refractivity contribution in [1.82, 2.24) is 0 Å². The number of hydrogen-bond donors (Lipinski definition) is 1. The molecule has 0 saturated carbocycles. The van der Waals surface area contributed by atoms with E-state index < -0.39 is 16.7 Å². The van der Waals surface area contributed by atoms with Crippen LogP contribution >= 0.6 is 11.3 Å². The van der Waals surface area contributed by atoms with E-state index in [0.717, 1.165) is 35.8 Å². The van der Waals surface area contributed by atoms with Crippen molar-refractivity contribution in [1.29, 1.82) is 5.26 Å². The average molecular weight is 331 g/mol. The van der Waals surface area contributed by atoms with Gasteiger partial charge in [0.1, 0.15) is 16.0 Å². The zero-order valence-electron chi connectivity index (χ0n) is 12.3. The summed E-state index contributed by atoms with van der Waals surface area (Å²) in [5, 5.41) is 23.1. The first kappa shape index (κ1) is 15.2. The Bertz CT molecular complexity index is 830. The molecular weight excluding hydrogens is 318 g/mol. The summed E-state index contributed by atoms with van der Waals surface area (Å²) in [6, 6.07) is 4.53. The van der Waals surface area contributed by atoms with E-state index >= 15 is 0 Å². The fraction of sp³-hybridized carbons (Fsp3) is 0.333. The van der Waals surface area contributed by atoms with Gasteiger partial charge < -0.3 is 9.73 Å². The number of nitrogens with one attached hydrogen (secondary N) is 1. The monoisotopic (exact) mass is 331 g/mol. The SMILES string of the molecule is CC1CCc2c(sc(NC(=O)c3ccc([N+](=O)[O-])o3)c2C#N)C1. The summed E-state index contributed by atoms with van der Waals surface area (Å²) in [5.41, 5.74) is 1.50. The van der Waals surface area contributed by atoms with E-state index in [1.807, 2.05) is 0 Å². The Morgan fingerprint density at radius 2 is 2.35 bits per heavy atom. The molecular formula is C15H13N3O4S. The minimum Gasteiger partial charge on any atom is -0.395 e. The normalized spacial score (nSPS) is 16.4. The van der Waals surface area contributed by atoms with Crippen LogP contribution in [-0.2, 0) is 12.8 Å². The van der Waals surface area contributed by atoms with E-state index in [9.17, 15) is 20.2 Å². The molecule has 0 fully saturated rings. The lowest BCUT2D eigenvalue weighted by Crippen LogP contribution is -2.11. The Morgan fingerprint density at radius 1 is 1.57 bits per heavy atom. The van der Waals surface area contributed by atoms with Crippen molar-refractivity contribution in [3.8, 4) is 6.07 Å². The van der Waals surface area contributed by atoms with Gasteiger partial charge in [0.05, 0.1) is 11.6 Å². The van der Waals surface area contributed by atoms with E-state index in [2.05, 4.69) is 18.3 Å². The van der Waals surface area contributed by atoms with Gasteiger partial charge in [-0.2, -0.15) is 5.26 Å². The van der Waals surface area contributed by atoms with Gasteiger partial charge >= 0.3 is 5.88 Å². The Labute approximate surface area is 135 Å². The molecule has 1 amide bonds. The summed E-state index contributed by atoms with van der Waals surface area (Å²) >= 11 is 1.40. The van der Waals surface area contributed by atoms with Crippen LogP contribution in [0.25, 0.3) is 0 Å². The maximum Gasteiger partial charge on any atom is 0.433 e. The molecule has 0 aliphatic heterocycles. The van der Waals surface area contributed by atoms with E-state index in [0.29, 0.717) is 16.5 Å². The van der Waals surface area contributed by atoms with Crippen molar-refractivity contribution in [2.75, 3.05) is 5.32 Å². The molecule has 118 valence electrons. The summed E-state index contributed by atoms with van der Waals surface area (Å²) < 4.78 is 4.88. The van der Waals surface area contributed by atoms with Crippen LogP contribution in [0, 0.1) is 27.4 Å². The quantitative estimate of drug-likeness (QED) is 0.684. The summed E-state index contributed by atoms with van der Waals surface area (Å²) in [7, 11) is 0. The number of amides is 1. The highest BCUT2D eigenvalue weighted by molar-refractivity contribution is 7.16. The third-order valence-corrected chi connectivity index (χ3v) is 5.02. The minimum absolute atomic E-state index is 0.152. The molecule has 0 aromatic carbocycles. The van der Waals surface area contributed by atoms with Crippen molar-refractivity contribution in [3.63, 3.8) is 0 Å². The first-order valence-corrected chi connectivity index (χ1v) is 7.91. The van der Waals surface area contributed by atoms with Crippen LogP contribution in [0.15, 0.2) is 16.5 Å². The number of nitriles is 1. The molecule has 0 bridgehead atoms. The number of carbonyl (C=O) groups is 1. The van der Waals surface area contributed by atoms with E-state index in [1.54, 1.807) is 0 Å². The van der Waals surface area contributed by atoms with Gasteiger partial charge in [-0.3, -0.25) is 14.9 Å². The zero-order valence-corrected chi connectivity index (χ0v) is 13.1. The number of thiophene rings is 1. The number of nitro groups is 1. The smallest absolute Gasteiger partial charge is 0.395 e. The lowest BCUT2D eigenvalue weighted by atomic mass is 9.89. The first-order valence-electron chi connectivity index (χ1n) is 7.09. The lowest BCUT2D eigenvalue weighted by Gasteiger charge is -2.17. The topological polar surface area (TPSA) is 109 Å². The molecule has 3 rings (SSSR count). The largest absolute Gasteiger partial charge is 0.433 e. The van der Waals surface area contributed by atoms with Crippen LogP contribution in [0.2, 0.25) is 0 Å². The number of rotatable bonds is 3. The van der Waals surface area contributed by atoms with Crippen LogP contribution in [0.1, 0.15) is 39.9 Å². The van der Waals surface area contributed by atoms with Crippen molar-refractivity contribution in [2.24, 2.45) is 5.92 Å². The third kappa shape index (κ3) is 2.83. The van der Waals surface area contributed by atoms with Gasteiger partial charge in [0.2, 0.25) is 0 Å². The Morgan fingerprint density at radius 3 is 3.00 bits per heavy atom. The number of carbonyl (C=O) groups excluding carboxylic acids is 1. The molecule has 2 heterocycles. The Hall–Kier alpha value is -2.66. The molecule has 1 N–H and O–H groups in total. The number of hydrogen-bond acceptors (Lipinski definition) is 6. The highest BCUT2D eigenvalue weighted by Crippen LogP contribution is 2.39. The Balaban J connectivity index is 1.86. The van der Waals surface area contributed by atoms with Crippen molar-refractivity contribution < 1.29 is 14.1 Å². The highest BCUT2D eigenvalue weighted by Gasteiger charge is 2.26. The molecule has 1 unspecified atom stereocenters. The Kier molecular flexibility index (Phi) is 3.88. The molecule has 1 atom stereocenters. The molecule has 7 nitrogen and oxygen atoms in total. The van der Waals surface area contributed by atoms with Gasteiger partial charge in [-0.05, 0) is 36.8 Å². The zero-order chi connectivity index (χ0) is 16.6. The molecule has 23 heavy (non-hydrogen) atoms. The van der Waals surface area contributed by atoms with E-state index in [4.69, 9.17) is 4.42 Å². The second-order valence-corrected chi connectivity index (χ2v) is 6.62. The predicted octanol–water partition coefficient (Wildman–Crippen LogP) is 3.50. The van der Waals surface area contributed by atoms with Crippen LogP contribution in [0.3, 0.4) is 0 Å². The van der Waals surface area contributed by atoms with Crippen molar-refractivity contribution in [2.45, 2.75) is 26.2 Å². The van der Waals surface area contributed by atoms with Crippen molar-refractivity contribution in [3.05, 3.63) is 44.0 Å². The van der Waals surface area contributed by atoms with Gasteiger partial charge in [0.15, 0.2) is 5.76 Å². The second-order valence-electron chi connectivity index (χ2n) is 5.52. The van der Waals surface area contributed by atoms with Gasteiger partial charge in [0.25, 0.3) is 5.91 Å². The average Bonchev–Trinajstić information content (AvgIpc) is 3.10. The summed E-state index contributed by atoms with van der Waals surface area (Å²) in [6.07, 6.45) is 2.75. The van der Waals surface area contributed by atoms with Gasteiger partial charge in [-0.25, -0.2) is 0 Å². The van der Waals surface area contributed by atoms with Crippen LogP contribution in [0.4, 0.5) is 10.9 Å². The molecule has 0 radical (unpaired) electrons. The third-order valence-electron chi connectivity index (χ3n) is 3.85. The second kappa shape index (κ2) is 5.85. The number of fused-ring (bicyclic) bond motifs is 1. The highest BCUT2D eigenvalue weighted by atomic mass is 32.1. The maximum atomic E-state index is 12.2. The molecule has 2 aromatic heterocycles. The fourth-order valence-electron chi connectivity index (χ4n) is 2.67. The number of nitrogens with zero attached hydrogens (tertiary/aromatic N) is 2. The van der Waals surface area contributed by atoms with Gasteiger partial charge in [0, 0.05) is 4.88 Å². The van der Waals surface area contributed by atoms with Crippen LogP contribution in [0.5, 0.6) is 0 Å².